The van der Waals surface area contributed by atoms with Crippen LogP contribution in [0.1, 0.15) is 48.0 Å². The van der Waals surface area contributed by atoms with Crippen molar-refractivity contribution in [2.75, 3.05) is 5.73 Å². The molecule has 0 aliphatic heterocycles. The zero-order valence-corrected chi connectivity index (χ0v) is 9.70. The molecule has 86 valence electrons. The maximum atomic E-state index is 12.3. The first kappa shape index (κ1) is 11.1. The molecule has 2 rings (SSSR count). The molecule has 1 heterocycles. The summed E-state index contributed by atoms with van der Waals surface area (Å²) in [6.45, 7) is 1.92. The molecular weight excluding hydrogens is 200 g/mol. The summed E-state index contributed by atoms with van der Waals surface area (Å²) < 4.78 is 0. The van der Waals surface area contributed by atoms with Crippen LogP contribution in [-0.2, 0) is 0 Å². The van der Waals surface area contributed by atoms with Crippen molar-refractivity contribution in [2.45, 2.75) is 39.0 Å². The smallest absolute Gasteiger partial charge is 0.169 e. The van der Waals surface area contributed by atoms with Gasteiger partial charge in [0.05, 0.1) is 5.56 Å². The third kappa shape index (κ3) is 2.08. The third-order valence-electron chi connectivity index (χ3n) is 3.41. The minimum absolute atomic E-state index is 0.166. The molecule has 16 heavy (non-hydrogen) atoms. The van der Waals surface area contributed by atoms with E-state index in [1.807, 2.05) is 13.0 Å². The highest BCUT2D eigenvalue weighted by Gasteiger charge is 2.25. The number of carbonyl (C=O) groups excluding carboxylic acids is 1. The molecule has 0 saturated heterocycles. The number of nitrogen functional groups attached to an aromatic ring is 1. The van der Waals surface area contributed by atoms with E-state index in [4.69, 9.17) is 5.73 Å². The fourth-order valence-electron chi connectivity index (χ4n) is 2.47. The van der Waals surface area contributed by atoms with Crippen molar-refractivity contribution in [3.05, 3.63) is 23.4 Å². The monoisotopic (exact) mass is 218 g/mol. The van der Waals surface area contributed by atoms with Crippen LogP contribution in [0.2, 0.25) is 0 Å². The van der Waals surface area contributed by atoms with Gasteiger partial charge in [0.15, 0.2) is 5.78 Å². The molecule has 1 saturated carbocycles. The SMILES string of the molecule is Cc1ccnc(N)c1C(=O)C1CCCCC1. The quantitative estimate of drug-likeness (QED) is 0.776. The summed E-state index contributed by atoms with van der Waals surface area (Å²) in [4.78, 5) is 16.3. The summed E-state index contributed by atoms with van der Waals surface area (Å²) in [5.74, 6) is 0.748. The number of pyridine rings is 1. The first-order valence-electron chi connectivity index (χ1n) is 5.95. The number of hydrogen-bond donors (Lipinski definition) is 1. The van der Waals surface area contributed by atoms with Crippen molar-refractivity contribution in [1.82, 2.24) is 4.98 Å². The second kappa shape index (κ2) is 4.64. The van der Waals surface area contributed by atoms with E-state index < -0.39 is 0 Å². The average Bonchev–Trinajstić information content (AvgIpc) is 2.30. The van der Waals surface area contributed by atoms with Crippen molar-refractivity contribution in [3.8, 4) is 0 Å². The van der Waals surface area contributed by atoms with Gasteiger partial charge in [-0.2, -0.15) is 0 Å². The van der Waals surface area contributed by atoms with Gasteiger partial charge in [-0.05, 0) is 31.4 Å². The molecule has 1 aromatic heterocycles. The minimum Gasteiger partial charge on any atom is -0.383 e. The zero-order chi connectivity index (χ0) is 11.5. The number of nitrogens with zero attached hydrogens (tertiary/aromatic N) is 1. The number of aryl methyl sites for hydroxylation is 1. The second-order valence-corrected chi connectivity index (χ2v) is 4.59. The van der Waals surface area contributed by atoms with Crippen LogP contribution >= 0.6 is 0 Å². The summed E-state index contributed by atoms with van der Waals surface area (Å²) in [6, 6.07) is 1.85. The summed E-state index contributed by atoms with van der Waals surface area (Å²) in [5.41, 5.74) is 7.39. The Morgan fingerprint density at radius 2 is 2.06 bits per heavy atom. The molecule has 3 nitrogen and oxygen atoms in total. The highest BCUT2D eigenvalue weighted by atomic mass is 16.1. The zero-order valence-electron chi connectivity index (χ0n) is 9.70. The highest BCUT2D eigenvalue weighted by molar-refractivity contribution is 6.02. The molecule has 0 amide bonds. The number of hydrogen-bond acceptors (Lipinski definition) is 3. The third-order valence-corrected chi connectivity index (χ3v) is 3.41. The Kier molecular flexibility index (Phi) is 3.22. The van der Waals surface area contributed by atoms with Crippen molar-refractivity contribution < 1.29 is 4.79 Å². The van der Waals surface area contributed by atoms with Crippen LogP contribution in [0.25, 0.3) is 0 Å². The van der Waals surface area contributed by atoms with Crippen molar-refractivity contribution in [2.24, 2.45) is 5.92 Å². The van der Waals surface area contributed by atoms with Gasteiger partial charge in [0, 0.05) is 12.1 Å². The molecule has 0 atom stereocenters. The normalized spacial score (nSPS) is 17.3. The number of carbonyl (C=O) groups is 1. The molecule has 3 heteroatoms. The Labute approximate surface area is 96.1 Å². The largest absolute Gasteiger partial charge is 0.383 e. The summed E-state index contributed by atoms with van der Waals surface area (Å²) in [6.07, 6.45) is 7.25. The Morgan fingerprint density at radius 1 is 1.38 bits per heavy atom. The number of Topliss-reactive ketones (excluding diaryl/α,β-unsaturated/α-hetero) is 1. The Morgan fingerprint density at radius 3 is 2.69 bits per heavy atom. The Bertz CT molecular complexity index is 375. The van der Waals surface area contributed by atoms with Gasteiger partial charge in [0.2, 0.25) is 0 Å². The number of ketones is 1. The lowest BCUT2D eigenvalue weighted by molar-refractivity contribution is 0.0889. The molecule has 0 radical (unpaired) electrons. The van der Waals surface area contributed by atoms with E-state index >= 15 is 0 Å². The van der Waals surface area contributed by atoms with Gasteiger partial charge >= 0.3 is 0 Å². The van der Waals surface area contributed by atoms with Gasteiger partial charge in [-0.3, -0.25) is 4.79 Å². The van der Waals surface area contributed by atoms with E-state index in [9.17, 15) is 4.79 Å². The molecule has 2 N–H and O–H groups in total. The van der Waals surface area contributed by atoms with E-state index in [2.05, 4.69) is 4.98 Å². The summed E-state index contributed by atoms with van der Waals surface area (Å²) in [5, 5.41) is 0. The molecule has 0 unspecified atom stereocenters. The van der Waals surface area contributed by atoms with E-state index in [-0.39, 0.29) is 11.7 Å². The highest BCUT2D eigenvalue weighted by Crippen LogP contribution is 2.29. The van der Waals surface area contributed by atoms with Gasteiger partial charge in [-0.1, -0.05) is 19.3 Å². The summed E-state index contributed by atoms with van der Waals surface area (Å²) in [7, 11) is 0. The van der Waals surface area contributed by atoms with Gasteiger partial charge in [0.25, 0.3) is 0 Å². The van der Waals surface area contributed by atoms with Crippen LogP contribution in [0.4, 0.5) is 5.82 Å². The van der Waals surface area contributed by atoms with Crippen molar-refractivity contribution in [3.63, 3.8) is 0 Å². The molecule has 1 aromatic rings. The maximum Gasteiger partial charge on any atom is 0.169 e. The number of rotatable bonds is 2. The fraction of sp³-hybridized carbons (Fsp3) is 0.538. The van der Waals surface area contributed by atoms with E-state index in [0.29, 0.717) is 11.4 Å². The molecular formula is C13H18N2O. The van der Waals surface area contributed by atoms with Gasteiger partial charge in [0.1, 0.15) is 5.82 Å². The standard InChI is InChI=1S/C13H18N2O/c1-9-7-8-15-13(14)11(9)12(16)10-5-3-2-4-6-10/h7-8,10H,2-6H2,1H3,(H2,14,15). The Balaban J connectivity index is 2.26. The maximum absolute atomic E-state index is 12.3. The molecule has 0 spiro atoms. The summed E-state index contributed by atoms with van der Waals surface area (Å²) >= 11 is 0. The van der Waals surface area contributed by atoms with Crippen LogP contribution in [0.15, 0.2) is 12.3 Å². The molecule has 1 aliphatic carbocycles. The van der Waals surface area contributed by atoms with Gasteiger partial charge in [-0.25, -0.2) is 4.98 Å². The van der Waals surface area contributed by atoms with Crippen molar-refractivity contribution >= 4 is 11.6 Å². The minimum atomic E-state index is 0.166. The predicted octanol–water partition coefficient (Wildman–Crippen LogP) is 2.74. The number of nitrogens with two attached hydrogens (primary N) is 1. The van der Waals surface area contributed by atoms with E-state index in [0.717, 1.165) is 31.2 Å². The van der Waals surface area contributed by atoms with Crippen LogP contribution in [0.5, 0.6) is 0 Å². The molecule has 1 aliphatic rings. The predicted molar refractivity (Wildman–Crippen MR) is 64.3 cm³/mol. The second-order valence-electron chi connectivity index (χ2n) is 4.59. The first-order valence-corrected chi connectivity index (χ1v) is 5.95. The molecule has 0 bridgehead atoms. The van der Waals surface area contributed by atoms with E-state index in [1.165, 1.54) is 6.42 Å². The number of aromatic nitrogens is 1. The molecule has 0 aromatic carbocycles. The van der Waals surface area contributed by atoms with Crippen LogP contribution < -0.4 is 5.73 Å². The average molecular weight is 218 g/mol. The van der Waals surface area contributed by atoms with Gasteiger partial charge < -0.3 is 5.73 Å². The van der Waals surface area contributed by atoms with E-state index in [1.54, 1.807) is 6.20 Å². The van der Waals surface area contributed by atoms with Crippen LogP contribution in [0, 0.1) is 12.8 Å². The Hall–Kier alpha value is -1.38. The lowest BCUT2D eigenvalue weighted by Gasteiger charge is -2.21. The van der Waals surface area contributed by atoms with Crippen LogP contribution in [0.3, 0.4) is 0 Å². The van der Waals surface area contributed by atoms with Gasteiger partial charge in [-0.15, -0.1) is 0 Å². The van der Waals surface area contributed by atoms with Crippen LogP contribution in [-0.4, -0.2) is 10.8 Å². The number of anilines is 1. The fourth-order valence-corrected chi connectivity index (χ4v) is 2.47. The lowest BCUT2D eigenvalue weighted by atomic mass is 9.83. The topological polar surface area (TPSA) is 56.0 Å². The molecule has 1 fully saturated rings. The first-order chi connectivity index (χ1) is 7.70. The van der Waals surface area contributed by atoms with Crippen molar-refractivity contribution in [1.29, 1.82) is 0 Å². The lowest BCUT2D eigenvalue weighted by Crippen LogP contribution is -2.20.